The number of ether oxygens (including phenoxy) is 1. The van der Waals surface area contributed by atoms with Crippen LogP contribution in [0.15, 0.2) is 0 Å². The van der Waals surface area contributed by atoms with E-state index in [0.29, 0.717) is 5.01 Å². The van der Waals surface area contributed by atoms with Gasteiger partial charge in [-0.3, -0.25) is 0 Å². The van der Waals surface area contributed by atoms with E-state index in [2.05, 4.69) is 15.0 Å². The first-order chi connectivity index (χ1) is 6.31. The number of nitrogens with one attached hydrogen (secondary N) is 1. The van der Waals surface area contributed by atoms with E-state index in [4.69, 9.17) is 0 Å². The number of fused-ring (bicyclic) bond motifs is 1. The molecule has 5 heteroatoms. The maximum atomic E-state index is 11.1. The Balaban J connectivity index is 2.30. The highest BCUT2D eigenvalue weighted by atomic mass is 32.1. The molecule has 0 unspecified atom stereocenters. The van der Waals surface area contributed by atoms with E-state index in [0.717, 1.165) is 25.2 Å². The third-order valence-electron chi connectivity index (χ3n) is 1.96. The van der Waals surface area contributed by atoms with Crippen LogP contribution in [-0.2, 0) is 17.7 Å². The van der Waals surface area contributed by atoms with Gasteiger partial charge in [0.15, 0.2) is 0 Å². The van der Waals surface area contributed by atoms with Gasteiger partial charge in [0, 0.05) is 18.0 Å². The quantitative estimate of drug-likeness (QED) is 0.670. The smallest absolute Gasteiger partial charge is 0.367 e. The number of rotatable bonds is 1. The van der Waals surface area contributed by atoms with Crippen molar-refractivity contribution < 1.29 is 9.53 Å². The minimum Gasteiger partial charge on any atom is -0.464 e. The van der Waals surface area contributed by atoms with E-state index < -0.39 is 0 Å². The molecule has 0 saturated carbocycles. The monoisotopic (exact) mass is 198 g/mol. The van der Waals surface area contributed by atoms with Gasteiger partial charge in [-0.25, -0.2) is 9.78 Å². The van der Waals surface area contributed by atoms with Gasteiger partial charge in [-0.1, -0.05) is 0 Å². The average Bonchev–Trinajstić information content (AvgIpc) is 2.59. The van der Waals surface area contributed by atoms with Gasteiger partial charge >= 0.3 is 5.97 Å². The van der Waals surface area contributed by atoms with Crippen LogP contribution in [0.1, 0.15) is 20.4 Å². The number of nitrogens with zero attached hydrogens (tertiary/aromatic N) is 1. The molecular weight excluding hydrogens is 188 g/mol. The number of methoxy groups -OCH3 is 1. The van der Waals surface area contributed by atoms with Crippen LogP contribution in [0.25, 0.3) is 0 Å². The summed E-state index contributed by atoms with van der Waals surface area (Å²) >= 11 is 1.44. The zero-order chi connectivity index (χ0) is 9.26. The molecule has 2 heterocycles. The van der Waals surface area contributed by atoms with Crippen LogP contribution in [-0.4, -0.2) is 24.6 Å². The van der Waals surface area contributed by atoms with Crippen LogP contribution in [0.4, 0.5) is 0 Å². The molecule has 0 aromatic carbocycles. The molecule has 70 valence electrons. The number of hydrogen-bond donors (Lipinski definition) is 1. The molecule has 1 aromatic rings. The minimum atomic E-state index is -0.334. The summed E-state index contributed by atoms with van der Waals surface area (Å²) in [6.45, 7) is 1.73. The van der Waals surface area contributed by atoms with Gasteiger partial charge in [0.2, 0.25) is 5.01 Å². The molecular formula is C8H10N2O2S. The molecule has 0 bridgehead atoms. The lowest BCUT2D eigenvalue weighted by Crippen LogP contribution is -2.22. The SMILES string of the molecule is COC(=O)c1nc2c(s1)CCNC2. The van der Waals surface area contributed by atoms with Crippen LogP contribution in [0.3, 0.4) is 0 Å². The second-order valence-corrected chi connectivity index (χ2v) is 3.89. The summed E-state index contributed by atoms with van der Waals surface area (Å²) in [6.07, 6.45) is 0.962. The molecule has 1 aliphatic rings. The summed E-state index contributed by atoms with van der Waals surface area (Å²) < 4.78 is 4.60. The number of thiazole rings is 1. The Bertz CT molecular complexity index is 311. The van der Waals surface area contributed by atoms with Crippen LogP contribution in [0.5, 0.6) is 0 Å². The van der Waals surface area contributed by atoms with Gasteiger partial charge in [-0.2, -0.15) is 0 Å². The fourth-order valence-corrected chi connectivity index (χ4v) is 2.30. The highest BCUT2D eigenvalue weighted by Gasteiger charge is 2.18. The third kappa shape index (κ3) is 1.57. The Morgan fingerprint density at radius 3 is 3.23 bits per heavy atom. The van der Waals surface area contributed by atoms with Crippen LogP contribution < -0.4 is 5.32 Å². The number of esters is 1. The predicted molar refractivity (Wildman–Crippen MR) is 48.9 cm³/mol. The van der Waals surface area contributed by atoms with Crippen molar-refractivity contribution in [2.75, 3.05) is 13.7 Å². The highest BCUT2D eigenvalue weighted by Crippen LogP contribution is 2.21. The summed E-state index contributed by atoms with van der Waals surface area (Å²) in [4.78, 5) is 16.5. The van der Waals surface area contributed by atoms with E-state index in [9.17, 15) is 4.79 Å². The number of carbonyl (C=O) groups is 1. The molecule has 0 amide bonds. The van der Waals surface area contributed by atoms with E-state index >= 15 is 0 Å². The van der Waals surface area contributed by atoms with Crippen molar-refractivity contribution >= 4 is 17.3 Å². The Morgan fingerprint density at radius 2 is 2.54 bits per heavy atom. The molecule has 0 aliphatic carbocycles. The lowest BCUT2D eigenvalue weighted by atomic mass is 10.2. The number of carbonyl (C=O) groups excluding carboxylic acids is 1. The topological polar surface area (TPSA) is 51.2 Å². The lowest BCUT2D eigenvalue weighted by Gasteiger charge is -2.09. The van der Waals surface area contributed by atoms with Gasteiger partial charge in [0.1, 0.15) is 0 Å². The summed E-state index contributed by atoms with van der Waals surface area (Å²) in [7, 11) is 1.38. The van der Waals surface area contributed by atoms with Crippen LogP contribution in [0.2, 0.25) is 0 Å². The predicted octanol–water partition coefficient (Wildman–Crippen LogP) is 0.575. The zero-order valence-electron chi connectivity index (χ0n) is 7.29. The number of hydrogen-bond acceptors (Lipinski definition) is 5. The summed E-state index contributed by atoms with van der Waals surface area (Å²) in [6, 6.07) is 0. The second-order valence-electron chi connectivity index (χ2n) is 2.81. The average molecular weight is 198 g/mol. The van der Waals surface area contributed by atoms with E-state index in [-0.39, 0.29) is 5.97 Å². The van der Waals surface area contributed by atoms with Crippen molar-refractivity contribution in [3.05, 3.63) is 15.6 Å². The van der Waals surface area contributed by atoms with Gasteiger partial charge in [0.25, 0.3) is 0 Å². The Labute approximate surface area is 79.9 Å². The Kier molecular flexibility index (Phi) is 2.28. The van der Waals surface area contributed by atoms with E-state index in [1.807, 2.05) is 0 Å². The van der Waals surface area contributed by atoms with Gasteiger partial charge in [-0.15, -0.1) is 11.3 Å². The molecule has 0 atom stereocenters. The second kappa shape index (κ2) is 3.43. The third-order valence-corrected chi connectivity index (χ3v) is 3.10. The van der Waals surface area contributed by atoms with Crippen molar-refractivity contribution in [2.24, 2.45) is 0 Å². The fraction of sp³-hybridized carbons (Fsp3) is 0.500. The van der Waals surface area contributed by atoms with Crippen LogP contribution >= 0.6 is 11.3 Å². The van der Waals surface area contributed by atoms with Crippen molar-refractivity contribution in [1.29, 1.82) is 0 Å². The molecule has 0 saturated heterocycles. The van der Waals surface area contributed by atoms with E-state index in [1.165, 1.54) is 23.3 Å². The maximum Gasteiger partial charge on any atom is 0.367 e. The van der Waals surface area contributed by atoms with Crippen molar-refractivity contribution in [1.82, 2.24) is 10.3 Å². The summed E-state index contributed by atoms with van der Waals surface area (Å²) in [5.74, 6) is -0.334. The zero-order valence-corrected chi connectivity index (χ0v) is 8.11. The molecule has 0 radical (unpaired) electrons. The van der Waals surface area contributed by atoms with Gasteiger partial charge in [-0.05, 0) is 6.42 Å². The maximum absolute atomic E-state index is 11.1. The molecule has 1 aromatic heterocycles. The van der Waals surface area contributed by atoms with Crippen molar-refractivity contribution in [3.8, 4) is 0 Å². The first kappa shape index (κ1) is 8.65. The largest absolute Gasteiger partial charge is 0.464 e. The Hall–Kier alpha value is -0.940. The van der Waals surface area contributed by atoms with Crippen LogP contribution in [0, 0.1) is 0 Å². The molecule has 1 aliphatic heterocycles. The van der Waals surface area contributed by atoms with E-state index in [1.54, 1.807) is 0 Å². The molecule has 13 heavy (non-hydrogen) atoms. The molecule has 0 fully saturated rings. The molecule has 0 spiro atoms. The normalized spacial score (nSPS) is 15.2. The lowest BCUT2D eigenvalue weighted by molar-refractivity contribution is 0.0600. The first-order valence-corrected chi connectivity index (χ1v) is 4.90. The fourth-order valence-electron chi connectivity index (χ4n) is 1.30. The number of aromatic nitrogens is 1. The van der Waals surface area contributed by atoms with Gasteiger partial charge < -0.3 is 10.1 Å². The van der Waals surface area contributed by atoms with Crippen molar-refractivity contribution in [2.45, 2.75) is 13.0 Å². The Morgan fingerprint density at radius 1 is 1.69 bits per heavy atom. The minimum absolute atomic E-state index is 0.334. The highest BCUT2D eigenvalue weighted by molar-refractivity contribution is 7.13. The summed E-state index contributed by atoms with van der Waals surface area (Å²) in [5, 5.41) is 3.67. The first-order valence-electron chi connectivity index (χ1n) is 4.09. The molecule has 1 N–H and O–H groups in total. The molecule has 4 nitrogen and oxygen atoms in total. The van der Waals surface area contributed by atoms with Gasteiger partial charge in [0.05, 0.1) is 12.8 Å². The summed E-state index contributed by atoms with van der Waals surface area (Å²) in [5.41, 5.74) is 0.997. The standard InChI is InChI=1S/C8H10N2O2S/c1-12-8(11)7-10-5-4-9-3-2-6(5)13-7/h9H,2-4H2,1H3. The van der Waals surface area contributed by atoms with Crippen molar-refractivity contribution in [3.63, 3.8) is 0 Å². The molecule has 2 rings (SSSR count).